The zero-order chi connectivity index (χ0) is 12.6. The van der Waals surface area contributed by atoms with Crippen molar-refractivity contribution in [3.63, 3.8) is 0 Å². The average Bonchev–Trinajstić information content (AvgIpc) is 2.65. The molecule has 0 bridgehead atoms. The normalized spacial score (nSPS) is 16.7. The van der Waals surface area contributed by atoms with Gasteiger partial charge in [-0.3, -0.25) is 10.1 Å². The van der Waals surface area contributed by atoms with Gasteiger partial charge < -0.3 is 14.8 Å². The van der Waals surface area contributed by atoms with Gasteiger partial charge in [0.25, 0.3) is 5.69 Å². The number of benzene rings is 1. The Labute approximate surface area is 101 Å². The molecule has 0 amide bonds. The van der Waals surface area contributed by atoms with Crippen LogP contribution in [0.5, 0.6) is 5.75 Å². The lowest BCUT2D eigenvalue weighted by Gasteiger charge is -2.03. The molecule has 0 spiro atoms. The monoisotopic (exact) mass is 256 g/mol. The number of carbonyl (C=O) groups excluding carboxylic acids is 1. The van der Waals surface area contributed by atoms with E-state index in [2.05, 4.69) is 22.7 Å². The molecule has 0 fully saturated rings. The van der Waals surface area contributed by atoms with E-state index < -0.39 is 16.5 Å². The van der Waals surface area contributed by atoms with Crippen LogP contribution in [0.15, 0.2) is 12.1 Å². The van der Waals surface area contributed by atoms with Crippen LogP contribution in [0.3, 0.4) is 0 Å². The summed E-state index contributed by atoms with van der Waals surface area (Å²) in [4.78, 5) is 21.6. The molecule has 1 N–H and O–H groups in total. The van der Waals surface area contributed by atoms with Crippen LogP contribution in [0, 0.1) is 10.1 Å². The summed E-state index contributed by atoms with van der Waals surface area (Å²) < 4.78 is 9.67. The zero-order valence-corrected chi connectivity index (χ0v) is 9.56. The van der Waals surface area contributed by atoms with Gasteiger partial charge in [0, 0.05) is 12.1 Å². The fraction of sp³-hybridized carbons (Fsp3) is 0.222. The van der Waals surface area contributed by atoms with Crippen LogP contribution in [-0.2, 0) is 4.74 Å². The number of methoxy groups -OCH3 is 1. The second-order valence-electron chi connectivity index (χ2n) is 3.23. The molecule has 0 saturated heterocycles. The van der Waals surface area contributed by atoms with E-state index in [-0.39, 0.29) is 11.3 Å². The number of nitro benzene ring substituents is 1. The van der Waals surface area contributed by atoms with Crippen molar-refractivity contribution in [2.45, 2.75) is 5.56 Å². The van der Waals surface area contributed by atoms with Crippen molar-refractivity contribution in [3.05, 3.63) is 27.8 Å². The lowest BCUT2D eigenvalue weighted by atomic mass is 10.1. The standard InChI is InChI=1S/C9H8N2O5S/c1-15-8(12)4-2-7-5(10-9(17)16-7)3-6(4)11(13)14/h2-3,9-10,17H,1H3. The number of rotatable bonds is 2. The van der Waals surface area contributed by atoms with Crippen LogP contribution < -0.4 is 10.1 Å². The third-order valence-corrected chi connectivity index (χ3v) is 2.45. The first kappa shape index (κ1) is 11.5. The molecule has 7 nitrogen and oxygen atoms in total. The van der Waals surface area contributed by atoms with Crippen molar-refractivity contribution >= 4 is 30.0 Å². The van der Waals surface area contributed by atoms with Crippen LogP contribution in [0.2, 0.25) is 0 Å². The number of esters is 1. The first-order valence-corrected chi connectivity index (χ1v) is 5.06. The molecule has 1 aliphatic heterocycles. The highest BCUT2D eigenvalue weighted by Crippen LogP contribution is 2.38. The van der Waals surface area contributed by atoms with E-state index in [0.29, 0.717) is 11.4 Å². The maximum Gasteiger partial charge on any atom is 0.345 e. The minimum absolute atomic E-state index is 0.152. The van der Waals surface area contributed by atoms with E-state index in [4.69, 9.17) is 4.74 Å². The van der Waals surface area contributed by atoms with Crippen molar-refractivity contribution in [2.24, 2.45) is 0 Å². The van der Waals surface area contributed by atoms with Gasteiger partial charge in [0.15, 0.2) is 0 Å². The summed E-state index contributed by atoms with van der Waals surface area (Å²) in [5, 5.41) is 13.6. The first-order valence-electron chi connectivity index (χ1n) is 4.55. The predicted molar refractivity (Wildman–Crippen MR) is 61.5 cm³/mol. The molecular weight excluding hydrogens is 248 g/mol. The maximum atomic E-state index is 11.4. The van der Waals surface area contributed by atoms with Crippen molar-refractivity contribution < 1.29 is 19.2 Å². The number of anilines is 1. The number of hydrogen-bond donors (Lipinski definition) is 2. The average molecular weight is 256 g/mol. The molecule has 0 aliphatic carbocycles. The molecule has 8 heteroatoms. The van der Waals surface area contributed by atoms with E-state index >= 15 is 0 Å². The Morgan fingerprint density at radius 1 is 1.65 bits per heavy atom. The van der Waals surface area contributed by atoms with Crippen LogP contribution in [0.4, 0.5) is 11.4 Å². The highest BCUT2D eigenvalue weighted by atomic mass is 32.1. The van der Waals surface area contributed by atoms with Gasteiger partial charge in [0.05, 0.1) is 17.7 Å². The minimum atomic E-state index is -0.786. The van der Waals surface area contributed by atoms with E-state index in [1.54, 1.807) is 0 Å². The molecule has 0 radical (unpaired) electrons. The lowest BCUT2D eigenvalue weighted by molar-refractivity contribution is -0.385. The number of nitrogens with one attached hydrogen (secondary N) is 1. The number of ether oxygens (including phenoxy) is 2. The van der Waals surface area contributed by atoms with Crippen LogP contribution in [0.1, 0.15) is 10.4 Å². The van der Waals surface area contributed by atoms with Crippen molar-refractivity contribution in [3.8, 4) is 5.75 Å². The van der Waals surface area contributed by atoms with Gasteiger partial charge in [-0.25, -0.2) is 4.79 Å². The molecule has 1 aliphatic rings. The molecule has 1 unspecified atom stereocenters. The highest BCUT2D eigenvalue weighted by molar-refractivity contribution is 7.80. The number of hydrogen-bond acceptors (Lipinski definition) is 7. The Morgan fingerprint density at radius 3 is 2.94 bits per heavy atom. The third kappa shape index (κ3) is 1.98. The Balaban J connectivity index is 2.55. The summed E-state index contributed by atoms with van der Waals surface area (Å²) in [6.07, 6.45) is 0. The largest absolute Gasteiger partial charge is 0.465 e. The fourth-order valence-electron chi connectivity index (χ4n) is 1.49. The number of nitrogens with zero attached hydrogens (tertiary/aromatic N) is 1. The molecule has 17 heavy (non-hydrogen) atoms. The van der Waals surface area contributed by atoms with Crippen molar-refractivity contribution in [1.82, 2.24) is 0 Å². The topological polar surface area (TPSA) is 90.7 Å². The molecule has 0 saturated carbocycles. The Hall–Kier alpha value is -1.96. The Bertz CT molecular complexity index is 504. The van der Waals surface area contributed by atoms with Gasteiger partial charge in [-0.1, -0.05) is 0 Å². The van der Waals surface area contributed by atoms with E-state index in [1.807, 2.05) is 0 Å². The Kier molecular flexibility index (Phi) is 2.80. The first-order chi connectivity index (χ1) is 8.02. The lowest BCUT2D eigenvalue weighted by Crippen LogP contribution is -2.10. The maximum absolute atomic E-state index is 11.4. The smallest absolute Gasteiger partial charge is 0.345 e. The molecular formula is C9H8N2O5S. The third-order valence-electron chi connectivity index (χ3n) is 2.22. The van der Waals surface area contributed by atoms with Gasteiger partial charge >= 0.3 is 5.97 Å². The molecule has 1 aromatic carbocycles. The van der Waals surface area contributed by atoms with Crippen molar-refractivity contribution in [2.75, 3.05) is 12.4 Å². The van der Waals surface area contributed by atoms with Gasteiger partial charge in [0.2, 0.25) is 5.56 Å². The van der Waals surface area contributed by atoms with Crippen molar-refractivity contribution in [1.29, 1.82) is 0 Å². The summed E-state index contributed by atoms with van der Waals surface area (Å²) in [5.74, 6) is -0.457. The second kappa shape index (κ2) is 4.13. The summed E-state index contributed by atoms with van der Waals surface area (Å²) in [7, 11) is 1.15. The van der Waals surface area contributed by atoms with E-state index in [9.17, 15) is 14.9 Å². The SMILES string of the molecule is COC(=O)c1cc2c(cc1[N+](=O)[O-])NC(S)O2. The molecule has 1 aromatic rings. The summed E-state index contributed by atoms with van der Waals surface area (Å²) >= 11 is 4.01. The summed E-state index contributed by atoms with van der Waals surface area (Å²) in [6, 6.07) is 2.49. The number of fused-ring (bicyclic) bond motifs is 1. The minimum Gasteiger partial charge on any atom is -0.465 e. The van der Waals surface area contributed by atoms with Gasteiger partial charge in [0.1, 0.15) is 11.3 Å². The second-order valence-corrected chi connectivity index (χ2v) is 3.70. The number of nitro groups is 1. The van der Waals surface area contributed by atoms with Crippen LogP contribution >= 0.6 is 12.6 Å². The molecule has 1 atom stereocenters. The molecule has 1 heterocycles. The number of thiol groups is 1. The zero-order valence-electron chi connectivity index (χ0n) is 8.67. The fourth-order valence-corrected chi connectivity index (χ4v) is 1.74. The number of carbonyl (C=O) groups is 1. The van der Waals surface area contributed by atoms with Crippen LogP contribution in [0.25, 0.3) is 0 Å². The van der Waals surface area contributed by atoms with E-state index in [1.165, 1.54) is 12.1 Å². The summed E-state index contributed by atoms with van der Waals surface area (Å²) in [5.41, 5.74) is -0.656. The Morgan fingerprint density at radius 2 is 2.35 bits per heavy atom. The van der Waals surface area contributed by atoms with E-state index in [0.717, 1.165) is 7.11 Å². The quantitative estimate of drug-likeness (QED) is 0.360. The van der Waals surface area contributed by atoms with Crippen LogP contribution in [-0.4, -0.2) is 23.6 Å². The van der Waals surface area contributed by atoms with Gasteiger partial charge in [-0.05, 0) is 0 Å². The molecule has 0 aromatic heterocycles. The molecule has 2 rings (SSSR count). The van der Waals surface area contributed by atoms with Gasteiger partial charge in [-0.15, -0.1) is 12.6 Å². The molecule has 90 valence electrons. The summed E-state index contributed by atoms with van der Waals surface area (Å²) in [6.45, 7) is 0. The predicted octanol–water partition coefficient (Wildman–Crippen LogP) is 1.40. The van der Waals surface area contributed by atoms with Gasteiger partial charge in [-0.2, -0.15) is 0 Å². The highest BCUT2D eigenvalue weighted by Gasteiger charge is 2.28.